The summed E-state index contributed by atoms with van der Waals surface area (Å²) in [5.41, 5.74) is 0.575. The van der Waals surface area contributed by atoms with Gasteiger partial charge in [-0.3, -0.25) is 5.32 Å². The average Bonchev–Trinajstić information content (AvgIpc) is 3.04. The van der Waals surface area contributed by atoms with Crippen molar-refractivity contribution in [1.29, 1.82) is 0 Å². The van der Waals surface area contributed by atoms with Crippen LogP contribution < -0.4 is 10.6 Å². The summed E-state index contributed by atoms with van der Waals surface area (Å²) in [4.78, 5) is 12.3. The van der Waals surface area contributed by atoms with Crippen LogP contribution in [0.2, 0.25) is 0 Å². The number of carbonyl (C=O) groups excluding carboxylic acids is 1. The number of aromatic hydroxyl groups is 1. The van der Waals surface area contributed by atoms with E-state index in [1.807, 2.05) is 4.68 Å². The van der Waals surface area contributed by atoms with E-state index in [2.05, 4.69) is 15.7 Å². The van der Waals surface area contributed by atoms with Crippen molar-refractivity contribution in [2.75, 3.05) is 5.32 Å². The lowest BCUT2D eigenvalue weighted by Crippen LogP contribution is -2.32. The van der Waals surface area contributed by atoms with Gasteiger partial charge in [0.2, 0.25) is 0 Å². The predicted molar refractivity (Wildman–Crippen MR) is 97.4 cm³/mol. The zero-order valence-electron chi connectivity index (χ0n) is 14.9. The van der Waals surface area contributed by atoms with Gasteiger partial charge in [-0.15, -0.1) is 0 Å². The Balaban J connectivity index is 1.57. The van der Waals surface area contributed by atoms with Gasteiger partial charge < -0.3 is 10.4 Å². The fourth-order valence-corrected chi connectivity index (χ4v) is 3.42. The van der Waals surface area contributed by atoms with Gasteiger partial charge >= 0.3 is 6.03 Å². The second-order valence-electron chi connectivity index (χ2n) is 6.93. The number of nitrogens with zero attached hydrogens (tertiary/aromatic N) is 2. The van der Waals surface area contributed by atoms with Crippen molar-refractivity contribution in [2.45, 2.75) is 51.6 Å². The maximum Gasteiger partial charge on any atom is 0.320 e. The lowest BCUT2D eigenvalue weighted by atomic mass is 9.89. The van der Waals surface area contributed by atoms with Gasteiger partial charge in [-0.2, -0.15) is 5.10 Å². The first-order chi connectivity index (χ1) is 12.5. The van der Waals surface area contributed by atoms with Gasteiger partial charge in [0.25, 0.3) is 0 Å². The Labute approximate surface area is 152 Å². The number of amides is 2. The topological polar surface area (TPSA) is 79.2 Å². The van der Waals surface area contributed by atoms with Gasteiger partial charge in [-0.05, 0) is 43.4 Å². The van der Waals surface area contributed by atoms with Crippen molar-refractivity contribution in [1.82, 2.24) is 15.1 Å². The maximum atomic E-state index is 13.5. The van der Waals surface area contributed by atoms with Gasteiger partial charge in [0.05, 0.1) is 12.2 Å². The van der Waals surface area contributed by atoms with Crippen molar-refractivity contribution in [2.24, 2.45) is 5.92 Å². The predicted octanol–water partition coefficient (Wildman–Crippen LogP) is 4.19. The van der Waals surface area contributed by atoms with E-state index in [9.17, 15) is 14.3 Å². The molecule has 0 aliphatic heterocycles. The summed E-state index contributed by atoms with van der Waals surface area (Å²) in [6.45, 7) is 2.56. The summed E-state index contributed by atoms with van der Waals surface area (Å²) in [6.07, 6.45) is 7.91. The molecule has 1 heterocycles. The fourth-order valence-electron chi connectivity index (χ4n) is 3.42. The molecule has 1 fully saturated rings. The quantitative estimate of drug-likeness (QED) is 0.748. The highest BCUT2D eigenvalue weighted by Gasteiger charge is 2.17. The smallest absolute Gasteiger partial charge is 0.320 e. The molecule has 0 unspecified atom stereocenters. The molecule has 1 aliphatic carbocycles. The third kappa shape index (κ3) is 4.53. The van der Waals surface area contributed by atoms with Crippen LogP contribution in [0, 0.1) is 11.7 Å². The average molecular weight is 360 g/mol. The molecule has 2 amide bonds. The fraction of sp³-hybridized carbons (Fsp3) is 0.474. The van der Waals surface area contributed by atoms with E-state index in [1.54, 1.807) is 25.3 Å². The molecule has 26 heavy (non-hydrogen) atoms. The summed E-state index contributed by atoms with van der Waals surface area (Å²) in [6, 6.07) is 5.06. The molecule has 1 aromatic heterocycles. The number of hydrogen-bond donors (Lipinski definition) is 3. The highest BCUT2D eigenvalue weighted by Crippen LogP contribution is 2.26. The number of benzene rings is 1. The summed E-state index contributed by atoms with van der Waals surface area (Å²) in [7, 11) is 0. The van der Waals surface area contributed by atoms with Crippen LogP contribution in [0.15, 0.2) is 30.5 Å². The Kier molecular flexibility index (Phi) is 5.75. The van der Waals surface area contributed by atoms with Crippen molar-refractivity contribution in [3.05, 3.63) is 41.8 Å². The monoisotopic (exact) mass is 360 g/mol. The van der Waals surface area contributed by atoms with Crippen LogP contribution in [0.25, 0.3) is 0 Å². The lowest BCUT2D eigenvalue weighted by Gasteiger charge is -2.22. The number of phenols is 1. The summed E-state index contributed by atoms with van der Waals surface area (Å²) < 4.78 is 15.3. The maximum absolute atomic E-state index is 13.5. The largest absolute Gasteiger partial charge is 0.505 e. The van der Waals surface area contributed by atoms with E-state index in [1.165, 1.54) is 44.2 Å². The molecule has 6 nitrogen and oxygen atoms in total. The molecule has 2 aromatic rings. The van der Waals surface area contributed by atoms with Gasteiger partial charge in [0.1, 0.15) is 5.82 Å². The van der Waals surface area contributed by atoms with Crippen molar-refractivity contribution >= 4 is 11.8 Å². The number of nitrogens with one attached hydrogen (secondary N) is 2. The standard InChI is InChI=1S/C19H25FN4O2/c1-13(15-7-8-17(25)16(20)11-15)22-19(26)23-18-9-10-21-24(18)12-14-5-3-2-4-6-14/h7-11,13-14,25H,2-6,12H2,1H3,(H2,22,23,26)/t13-/m1/s1. The second-order valence-corrected chi connectivity index (χ2v) is 6.93. The zero-order chi connectivity index (χ0) is 18.5. The number of carbonyl (C=O) groups is 1. The van der Waals surface area contributed by atoms with Crippen LogP contribution in [0.4, 0.5) is 15.0 Å². The Hall–Kier alpha value is -2.57. The van der Waals surface area contributed by atoms with Crippen LogP contribution in [0.3, 0.4) is 0 Å². The molecule has 0 spiro atoms. The Morgan fingerprint density at radius 2 is 2.12 bits per heavy atom. The zero-order valence-corrected chi connectivity index (χ0v) is 14.9. The molecular formula is C19H25FN4O2. The third-order valence-electron chi connectivity index (χ3n) is 4.93. The molecule has 0 bridgehead atoms. The van der Waals surface area contributed by atoms with Crippen LogP contribution in [-0.4, -0.2) is 20.9 Å². The minimum absolute atomic E-state index is 0.378. The summed E-state index contributed by atoms with van der Waals surface area (Å²) in [5, 5.41) is 19.2. The second kappa shape index (κ2) is 8.21. The summed E-state index contributed by atoms with van der Waals surface area (Å²) >= 11 is 0. The van der Waals surface area contributed by atoms with Crippen molar-refractivity contribution in [3.8, 4) is 5.75 Å². The number of aromatic nitrogens is 2. The normalized spacial score (nSPS) is 16.2. The highest BCUT2D eigenvalue weighted by atomic mass is 19.1. The summed E-state index contributed by atoms with van der Waals surface area (Å²) in [5.74, 6) is 0.141. The van der Waals surface area contributed by atoms with Crippen LogP contribution in [-0.2, 0) is 6.54 Å². The lowest BCUT2D eigenvalue weighted by molar-refractivity contribution is 0.249. The van der Waals surface area contributed by atoms with E-state index in [0.717, 1.165) is 6.54 Å². The highest BCUT2D eigenvalue weighted by molar-refractivity contribution is 5.88. The molecule has 0 saturated heterocycles. The molecule has 140 valence electrons. The molecule has 1 atom stereocenters. The SMILES string of the molecule is C[C@@H](NC(=O)Nc1ccnn1CC1CCCCC1)c1ccc(O)c(F)c1. The number of anilines is 1. The molecule has 1 aromatic carbocycles. The minimum atomic E-state index is -0.706. The van der Waals surface area contributed by atoms with Crippen LogP contribution >= 0.6 is 0 Å². The number of urea groups is 1. The molecule has 0 radical (unpaired) electrons. The number of halogens is 1. The van der Waals surface area contributed by atoms with Crippen molar-refractivity contribution < 1.29 is 14.3 Å². The molecule has 1 saturated carbocycles. The van der Waals surface area contributed by atoms with Gasteiger partial charge in [0, 0.05) is 12.6 Å². The van der Waals surface area contributed by atoms with Gasteiger partial charge in [-0.1, -0.05) is 25.3 Å². The first kappa shape index (κ1) is 18.2. The Morgan fingerprint density at radius 3 is 2.85 bits per heavy atom. The molecule has 3 N–H and O–H groups in total. The number of hydrogen-bond acceptors (Lipinski definition) is 3. The number of rotatable bonds is 5. The van der Waals surface area contributed by atoms with Crippen LogP contribution in [0.5, 0.6) is 5.75 Å². The first-order valence-corrected chi connectivity index (χ1v) is 9.10. The number of phenolic OH excluding ortho intramolecular Hbond substituents is 1. The van der Waals surface area contributed by atoms with Gasteiger partial charge in [-0.25, -0.2) is 13.9 Å². The third-order valence-corrected chi connectivity index (χ3v) is 4.93. The molecule has 3 rings (SSSR count). The molecule has 1 aliphatic rings. The molecular weight excluding hydrogens is 335 g/mol. The van der Waals surface area contributed by atoms with Crippen molar-refractivity contribution in [3.63, 3.8) is 0 Å². The van der Waals surface area contributed by atoms with E-state index in [4.69, 9.17) is 0 Å². The van der Waals surface area contributed by atoms with E-state index in [0.29, 0.717) is 17.3 Å². The van der Waals surface area contributed by atoms with Gasteiger partial charge in [0.15, 0.2) is 11.6 Å². The van der Waals surface area contributed by atoms with E-state index >= 15 is 0 Å². The molecule has 7 heteroatoms. The van der Waals surface area contributed by atoms with Crippen LogP contribution in [0.1, 0.15) is 50.6 Å². The first-order valence-electron chi connectivity index (χ1n) is 9.10. The van der Waals surface area contributed by atoms with E-state index in [-0.39, 0.29) is 6.03 Å². The minimum Gasteiger partial charge on any atom is -0.505 e. The Bertz CT molecular complexity index is 756. The Morgan fingerprint density at radius 1 is 1.35 bits per heavy atom. The van der Waals surface area contributed by atoms with E-state index < -0.39 is 17.6 Å².